The molecular weight excluding hydrogens is 287 g/mol. The Morgan fingerprint density at radius 2 is 2.11 bits per heavy atom. The topological polar surface area (TPSA) is 50.1 Å². The summed E-state index contributed by atoms with van der Waals surface area (Å²) in [7, 11) is 1.05. The van der Waals surface area contributed by atoms with E-state index < -0.39 is 23.2 Å². The Hall–Kier alpha value is -1.33. The van der Waals surface area contributed by atoms with Gasteiger partial charge in [0.1, 0.15) is 6.07 Å². The van der Waals surface area contributed by atoms with Crippen LogP contribution in [0.15, 0.2) is 21.9 Å². The van der Waals surface area contributed by atoms with Crippen LogP contribution in [-0.2, 0) is 4.74 Å². The smallest absolute Gasteiger partial charge is 0.446 e. The fraction of sp³-hybridized carbons (Fsp3) is 0.200. The Morgan fingerprint density at radius 3 is 2.56 bits per heavy atom. The predicted molar refractivity (Wildman–Crippen MR) is 61.7 cm³/mol. The summed E-state index contributed by atoms with van der Waals surface area (Å²) in [6.45, 7) is 0. The van der Waals surface area contributed by atoms with E-state index in [1.165, 1.54) is 0 Å². The van der Waals surface area contributed by atoms with Crippen molar-refractivity contribution in [1.82, 2.24) is 0 Å². The van der Waals surface area contributed by atoms with Crippen molar-refractivity contribution < 1.29 is 22.7 Å². The van der Waals surface area contributed by atoms with Gasteiger partial charge in [-0.3, -0.25) is 0 Å². The summed E-state index contributed by atoms with van der Waals surface area (Å²) in [6.07, 6.45) is 0. The molecule has 18 heavy (non-hydrogen) atoms. The van der Waals surface area contributed by atoms with Gasteiger partial charge >= 0.3 is 11.5 Å². The molecule has 0 amide bonds. The number of esters is 1. The van der Waals surface area contributed by atoms with Gasteiger partial charge in [-0.1, -0.05) is 0 Å². The molecule has 96 valence electrons. The zero-order chi connectivity index (χ0) is 13.9. The number of carbonyl (C=O) groups excluding carboxylic acids is 1. The lowest BCUT2D eigenvalue weighted by Crippen LogP contribution is -2.07. The minimum absolute atomic E-state index is 0.00487. The molecule has 0 heterocycles. The SMILES string of the molecule is COC(=O)c1cc(C#N)c(S)cc1SC(F)(F)F. The maximum Gasteiger partial charge on any atom is 0.446 e. The maximum atomic E-state index is 12.3. The van der Waals surface area contributed by atoms with Gasteiger partial charge in [-0.2, -0.15) is 18.4 Å². The van der Waals surface area contributed by atoms with Crippen molar-refractivity contribution in [3.63, 3.8) is 0 Å². The Bertz CT molecular complexity index is 523. The molecule has 1 aromatic rings. The average molecular weight is 293 g/mol. The quantitative estimate of drug-likeness (QED) is 0.516. The molecule has 0 aromatic heterocycles. The van der Waals surface area contributed by atoms with Gasteiger partial charge in [0, 0.05) is 9.79 Å². The summed E-state index contributed by atoms with van der Waals surface area (Å²) >= 11 is 3.43. The van der Waals surface area contributed by atoms with Gasteiger partial charge in [0.2, 0.25) is 0 Å². The van der Waals surface area contributed by atoms with Crippen LogP contribution >= 0.6 is 24.4 Å². The molecule has 0 aliphatic rings. The zero-order valence-corrected chi connectivity index (χ0v) is 10.6. The van der Waals surface area contributed by atoms with Crippen LogP contribution in [0.25, 0.3) is 0 Å². The molecule has 0 saturated carbocycles. The number of methoxy groups -OCH3 is 1. The first-order valence-corrected chi connectivity index (χ1v) is 5.66. The molecule has 1 aromatic carbocycles. The van der Waals surface area contributed by atoms with E-state index in [0.29, 0.717) is 0 Å². The number of hydrogen-bond acceptors (Lipinski definition) is 5. The number of benzene rings is 1. The van der Waals surface area contributed by atoms with E-state index in [-0.39, 0.29) is 20.9 Å². The Morgan fingerprint density at radius 1 is 1.50 bits per heavy atom. The van der Waals surface area contributed by atoms with Crippen molar-refractivity contribution in [2.24, 2.45) is 0 Å². The van der Waals surface area contributed by atoms with Gasteiger partial charge < -0.3 is 4.74 Å². The largest absolute Gasteiger partial charge is 0.465 e. The predicted octanol–water partition coefficient (Wildman–Crippen LogP) is 3.25. The van der Waals surface area contributed by atoms with Crippen LogP contribution in [-0.4, -0.2) is 18.6 Å². The molecule has 0 aliphatic heterocycles. The van der Waals surface area contributed by atoms with E-state index in [9.17, 15) is 18.0 Å². The number of thioether (sulfide) groups is 1. The molecule has 3 nitrogen and oxygen atoms in total. The lowest BCUT2D eigenvalue weighted by Gasteiger charge is -2.11. The minimum atomic E-state index is -4.54. The maximum absolute atomic E-state index is 12.3. The lowest BCUT2D eigenvalue weighted by atomic mass is 10.1. The van der Waals surface area contributed by atoms with Crippen LogP contribution in [0.5, 0.6) is 0 Å². The minimum Gasteiger partial charge on any atom is -0.465 e. The second kappa shape index (κ2) is 5.54. The number of ether oxygens (including phenoxy) is 1. The van der Waals surface area contributed by atoms with Gasteiger partial charge in [0.05, 0.1) is 18.2 Å². The number of rotatable bonds is 2. The number of nitriles is 1. The van der Waals surface area contributed by atoms with Gasteiger partial charge in [-0.05, 0) is 23.9 Å². The van der Waals surface area contributed by atoms with Gasteiger partial charge in [0.25, 0.3) is 0 Å². The monoisotopic (exact) mass is 293 g/mol. The molecule has 0 bridgehead atoms. The van der Waals surface area contributed by atoms with Crippen LogP contribution in [0.2, 0.25) is 0 Å². The number of thiol groups is 1. The highest BCUT2D eigenvalue weighted by Crippen LogP contribution is 2.40. The van der Waals surface area contributed by atoms with Crippen molar-refractivity contribution in [2.45, 2.75) is 15.3 Å². The summed E-state index contributed by atoms with van der Waals surface area (Å²) in [5.41, 5.74) is -4.85. The van der Waals surface area contributed by atoms with E-state index >= 15 is 0 Å². The summed E-state index contributed by atoms with van der Waals surface area (Å²) in [5, 5.41) is 8.74. The molecule has 0 unspecified atom stereocenters. The van der Waals surface area contributed by atoms with E-state index in [2.05, 4.69) is 17.4 Å². The molecule has 8 heteroatoms. The van der Waals surface area contributed by atoms with Crippen molar-refractivity contribution in [2.75, 3.05) is 7.11 Å². The van der Waals surface area contributed by atoms with Crippen LogP contribution in [0.3, 0.4) is 0 Å². The summed E-state index contributed by atoms with van der Waals surface area (Å²) in [4.78, 5) is 11.1. The molecule has 1 rings (SSSR count). The van der Waals surface area contributed by atoms with Gasteiger partial charge in [-0.15, -0.1) is 12.6 Å². The number of alkyl halides is 3. The third kappa shape index (κ3) is 3.58. The Labute approximate surface area is 110 Å². The van der Waals surface area contributed by atoms with E-state index in [1.54, 1.807) is 6.07 Å². The summed E-state index contributed by atoms with van der Waals surface area (Å²) in [6, 6.07) is 3.78. The van der Waals surface area contributed by atoms with Crippen molar-refractivity contribution >= 4 is 30.4 Å². The van der Waals surface area contributed by atoms with Gasteiger partial charge in [-0.25, -0.2) is 4.79 Å². The molecule has 0 radical (unpaired) electrons. The Kier molecular flexibility index (Phi) is 4.53. The zero-order valence-electron chi connectivity index (χ0n) is 8.91. The highest BCUT2D eigenvalue weighted by Gasteiger charge is 2.32. The first-order valence-electron chi connectivity index (χ1n) is 4.39. The molecule has 0 N–H and O–H groups in total. The van der Waals surface area contributed by atoms with Crippen LogP contribution in [0.4, 0.5) is 13.2 Å². The van der Waals surface area contributed by atoms with Crippen LogP contribution in [0.1, 0.15) is 15.9 Å². The molecule has 0 saturated heterocycles. The molecule has 0 spiro atoms. The third-order valence-electron chi connectivity index (χ3n) is 1.85. The standard InChI is InChI=1S/C10H6F3NO2S2/c1-16-9(15)6-2-5(4-14)7(17)3-8(6)18-10(11,12)13/h2-3,17H,1H3. The van der Waals surface area contributed by atoms with Crippen molar-refractivity contribution in [3.8, 4) is 6.07 Å². The first-order chi connectivity index (χ1) is 8.28. The van der Waals surface area contributed by atoms with Crippen molar-refractivity contribution in [3.05, 3.63) is 23.3 Å². The fourth-order valence-electron chi connectivity index (χ4n) is 1.14. The van der Waals surface area contributed by atoms with Crippen LogP contribution in [0, 0.1) is 11.3 Å². The first kappa shape index (κ1) is 14.7. The number of carbonyl (C=O) groups is 1. The highest BCUT2D eigenvalue weighted by atomic mass is 32.2. The average Bonchev–Trinajstić information content (AvgIpc) is 2.26. The van der Waals surface area contributed by atoms with Crippen LogP contribution < -0.4 is 0 Å². The second-order valence-corrected chi connectivity index (χ2v) is 4.61. The normalized spacial score (nSPS) is 10.9. The van der Waals surface area contributed by atoms with E-state index in [0.717, 1.165) is 19.2 Å². The summed E-state index contributed by atoms with van der Waals surface area (Å²) < 4.78 is 41.3. The Balaban J connectivity index is 3.35. The van der Waals surface area contributed by atoms with Crippen molar-refractivity contribution in [1.29, 1.82) is 5.26 Å². The summed E-state index contributed by atoms with van der Waals surface area (Å²) in [5.74, 6) is -0.938. The molecule has 0 atom stereocenters. The lowest BCUT2D eigenvalue weighted by molar-refractivity contribution is -0.0328. The molecule has 0 fully saturated rings. The van der Waals surface area contributed by atoms with E-state index in [4.69, 9.17) is 5.26 Å². The van der Waals surface area contributed by atoms with E-state index in [1.807, 2.05) is 0 Å². The highest BCUT2D eigenvalue weighted by molar-refractivity contribution is 8.00. The number of halogens is 3. The molecule has 0 aliphatic carbocycles. The molecular formula is C10H6F3NO2S2. The number of nitrogens with zero attached hydrogens (tertiary/aromatic N) is 1. The third-order valence-corrected chi connectivity index (χ3v) is 3.01. The second-order valence-electron chi connectivity index (χ2n) is 3.02. The van der Waals surface area contributed by atoms with Gasteiger partial charge in [0.15, 0.2) is 0 Å². The fourth-order valence-corrected chi connectivity index (χ4v) is 2.15. The number of hydrogen-bond donors (Lipinski definition) is 1.